The van der Waals surface area contributed by atoms with E-state index in [4.69, 9.17) is 5.10 Å². The Kier molecular flexibility index (Phi) is 10.6. The summed E-state index contributed by atoms with van der Waals surface area (Å²) in [6.45, 7) is 5.12. The van der Waals surface area contributed by atoms with E-state index < -0.39 is 58.7 Å². The molecule has 5 amide bonds. The van der Waals surface area contributed by atoms with Crippen molar-refractivity contribution in [3.8, 4) is 0 Å². The van der Waals surface area contributed by atoms with Crippen molar-refractivity contribution in [3.63, 3.8) is 0 Å². The van der Waals surface area contributed by atoms with Crippen molar-refractivity contribution in [1.29, 1.82) is 0 Å². The van der Waals surface area contributed by atoms with Gasteiger partial charge >= 0.3 is 6.18 Å². The molecule has 1 aliphatic carbocycles. The smallest absolute Gasteiger partial charge is 0.386 e. The lowest BCUT2D eigenvalue weighted by molar-refractivity contribution is -0.141. The van der Waals surface area contributed by atoms with E-state index in [-0.39, 0.29) is 35.7 Å². The molecule has 2 fully saturated rings. The van der Waals surface area contributed by atoms with Gasteiger partial charge in [-0.1, -0.05) is 12.1 Å². The summed E-state index contributed by atoms with van der Waals surface area (Å²) in [4.78, 5) is 70.4. The molecule has 7 rings (SSSR count). The van der Waals surface area contributed by atoms with Crippen molar-refractivity contribution in [2.24, 2.45) is 5.92 Å². The van der Waals surface area contributed by atoms with Crippen LogP contribution >= 0.6 is 0 Å². The minimum atomic E-state index is -4.71. The number of rotatable bonds is 11. The normalized spacial score (nSPS) is 20.3. The number of piperidine rings is 1. The first kappa shape index (κ1) is 39.6. The number of aliphatic hydroxyl groups is 1. The van der Waals surface area contributed by atoms with Crippen LogP contribution in [-0.2, 0) is 21.4 Å². The molecule has 57 heavy (non-hydrogen) atoms. The molecule has 2 aromatic carbocycles. The standard InChI is InChI=1S/C40H43F3N8O6/c1-39(2,57)26-19-29-23(18-30(26)46-35(53)28-8-5-9-32(45-28)40(41,42)43)21-50(48-29)24-12-10-22(11-13-24)20-49(3)17-16-44-27-7-4-6-25-34(27)38(56)51(37(25)55)31-14-15-33(52)47-36(31)54/h4-9,18-19,21-22,24,31,44,57H,10-17,20H2,1-3H3,(H,46,53)(H,47,52,54). The van der Waals surface area contributed by atoms with Crippen molar-refractivity contribution >= 4 is 51.8 Å². The van der Waals surface area contributed by atoms with E-state index in [1.165, 1.54) is 6.07 Å². The van der Waals surface area contributed by atoms with E-state index >= 15 is 0 Å². The summed E-state index contributed by atoms with van der Waals surface area (Å²) in [5.74, 6) is -2.59. The summed E-state index contributed by atoms with van der Waals surface area (Å²) in [6, 6.07) is 10.5. The number of imide groups is 2. The second kappa shape index (κ2) is 15.3. The number of carbonyl (C=O) groups is 5. The quantitative estimate of drug-likeness (QED) is 0.149. The topological polar surface area (TPSA) is 179 Å². The Labute approximate surface area is 325 Å². The van der Waals surface area contributed by atoms with Crippen LogP contribution in [0.5, 0.6) is 0 Å². The maximum atomic E-state index is 13.4. The number of hydrogen-bond acceptors (Lipinski definition) is 10. The molecule has 4 heterocycles. The fraction of sp³-hybridized carbons (Fsp3) is 0.425. The molecular formula is C40H43F3N8O6. The van der Waals surface area contributed by atoms with Crippen LogP contribution in [0.2, 0.25) is 0 Å². The lowest BCUT2D eigenvalue weighted by atomic mass is 9.86. The third-order valence-corrected chi connectivity index (χ3v) is 10.9. The zero-order chi connectivity index (χ0) is 40.8. The van der Waals surface area contributed by atoms with Gasteiger partial charge in [-0.15, -0.1) is 0 Å². The SMILES string of the molecule is CN(CCNc1cccc2c1C(=O)N(C1CCC(=O)NC1=O)C2=O)CC1CCC(n2cc3cc(NC(=O)c4cccc(C(F)(F)F)n4)c(C(C)(C)O)cc3n2)CC1. The van der Waals surface area contributed by atoms with E-state index in [9.17, 15) is 42.3 Å². The van der Waals surface area contributed by atoms with Crippen LogP contribution in [0.1, 0.15) is 101 Å². The molecule has 17 heteroatoms. The third-order valence-electron chi connectivity index (χ3n) is 10.9. The number of aromatic nitrogens is 3. The maximum Gasteiger partial charge on any atom is 0.433 e. The van der Waals surface area contributed by atoms with Gasteiger partial charge in [0.1, 0.15) is 17.4 Å². The Morgan fingerprint density at radius 1 is 0.982 bits per heavy atom. The van der Waals surface area contributed by atoms with Crippen molar-refractivity contribution < 1.29 is 42.3 Å². The van der Waals surface area contributed by atoms with Crippen LogP contribution < -0.4 is 16.0 Å². The molecule has 14 nitrogen and oxygen atoms in total. The molecule has 1 unspecified atom stereocenters. The minimum Gasteiger partial charge on any atom is -0.386 e. The number of nitrogens with zero attached hydrogens (tertiary/aromatic N) is 5. The number of pyridine rings is 1. The summed E-state index contributed by atoms with van der Waals surface area (Å²) in [7, 11) is 2.03. The highest BCUT2D eigenvalue weighted by Gasteiger charge is 2.45. The van der Waals surface area contributed by atoms with Crippen molar-refractivity contribution in [2.45, 2.75) is 76.2 Å². The number of benzene rings is 2. The highest BCUT2D eigenvalue weighted by atomic mass is 19.4. The predicted molar refractivity (Wildman–Crippen MR) is 202 cm³/mol. The lowest BCUT2D eigenvalue weighted by Crippen LogP contribution is -2.54. The molecule has 1 saturated heterocycles. The van der Waals surface area contributed by atoms with E-state index in [1.54, 1.807) is 44.2 Å². The number of likely N-dealkylation sites (N-methyl/N-ethyl adjacent to an activating group) is 1. The molecule has 2 aliphatic heterocycles. The maximum absolute atomic E-state index is 13.4. The number of carbonyl (C=O) groups excluding carboxylic acids is 5. The fourth-order valence-electron chi connectivity index (χ4n) is 7.96. The van der Waals surface area contributed by atoms with Crippen molar-refractivity contribution in [1.82, 2.24) is 29.9 Å². The highest BCUT2D eigenvalue weighted by Crippen LogP contribution is 2.37. The number of alkyl halides is 3. The van der Waals surface area contributed by atoms with Gasteiger partial charge < -0.3 is 20.6 Å². The number of amides is 5. The van der Waals surface area contributed by atoms with Crippen LogP contribution in [-0.4, -0.2) is 91.9 Å². The molecule has 300 valence electrons. The van der Waals surface area contributed by atoms with E-state index in [0.717, 1.165) is 49.3 Å². The molecule has 0 radical (unpaired) electrons. The molecule has 4 N–H and O–H groups in total. The van der Waals surface area contributed by atoms with Gasteiger partial charge in [0, 0.05) is 54.6 Å². The first-order chi connectivity index (χ1) is 27.0. The van der Waals surface area contributed by atoms with Gasteiger partial charge in [-0.2, -0.15) is 18.3 Å². The zero-order valence-corrected chi connectivity index (χ0v) is 31.7. The largest absolute Gasteiger partial charge is 0.433 e. The molecule has 0 bridgehead atoms. The van der Waals surface area contributed by atoms with Gasteiger partial charge in [-0.25, -0.2) is 4.98 Å². The van der Waals surface area contributed by atoms with Crippen LogP contribution in [0.15, 0.2) is 54.7 Å². The Bertz CT molecular complexity index is 2260. The molecule has 4 aromatic rings. The van der Waals surface area contributed by atoms with Crippen LogP contribution in [0, 0.1) is 5.92 Å². The van der Waals surface area contributed by atoms with Crippen LogP contribution in [0.4, 0.5) is 24.5 Å². The minimum absolute atomic E-state index is 0.0504. The first-order valence-electron chi connectivity index (χ1n) is 18.9. The average Bonchev–Trinajstić information content (AvgIpc) is 3.68. The second-order valence-corrected chi connectivity index (χ2v) is 15.5. The molecule has 0 spiro atoms. The molecule has 1 saturated carbocycles. The van der Waals surface area contributed by atoms with Gasteiger partial charge in [-0.05, 0) is 95.3 Å². The first-order valence-corrected chi connectivity index (χ1v) is 18.9. The van der Waals surface area contributed by atoms with E-state index in [0.29, 0.717) is 41.2 Å². The van der Waals surface area contributed by atoms with Gasteiger partial charge in [0.25, 0.3) is 17.7 Å². The Morgan fingerprint density at radius 2 is 1.72 bits per heavy atom. The zero-order valence-electron chi connectivity index (χ0n) is 31.7. The van der Waals surface area contributed by atoms with Gasteiger partial charge in [0.05, 0.1) is 28.3 Å². The number of anilines is 2. The fourth-order valence-corrected chi connectivity index (χ4v) is 7.96. The summed E-state index contributed by atoms with van der Waals surface area (Å²) in [6.07, 6.45) is 0.983. The monoisotopic (exact) mass is 788 g/mol. The number of nitrogens with one attached hydrogen (secondary N) is 3. The second-order valence-electron chi connectivity index (χ2n) is 15.5. The number of hydrogen-bond donors (Lipinski definition) is 4. The highest BCUT2D eigenvalue weighted by molar-refractivity contribution is 6.25. The van der Waals surface area contributed by atoms with Crippen molar-refractivity contribution in [3.05, 3.63) is 82.8 Å². The van der Waals surface area contributed by atoms with Gasteiger partial charge in [0.2, 0.25) is 11.8 Å². The van der Waals surface area contributed by atoms with Crippen LogP contribution in [0.25, 0.3) is 10.9 Å². The van der Waals surface area contributed by atoms with Gasteiger partial charge in [0.15, 0.2) is 0 Å². The molecular weight excluding hydrogens is 745 g/mol. The van der Waals surface area contributed by atoms with E-state index in [2.05, 4.69) is 25.8 Å². The summed E-state index contributed by atoms with van der Waals surface area (Å²) in [5, 5.41) is 24.6. The Balaban J connectivity index is 0.939. The molecule has 2 aromatic heterocycles. The van der Waals surface area contributed by atoms with Crippen LogP contribution in [0.3, 0.4) is 0 Å². The third kappa shape index (κ3) is 8.25. The predicted octanol–water partition coefficient (Wildman–Crippen LogP) is 5.11. The number of fused-ring (bicyclic) bond motifs is 2. The van der Waals surface area contributed by atoms with E-state index in [1.807, 2.05) is 17.9 Å². The van der Waals surface area contributed by atoms with Gasteiger partial charge in [-0.3, -0.25) is 38.9 Å². The Hall–Kier alpha value is -5.68. The van der Waals surface area contributed by atoms with Crippen molar-refractivity contribution in [2.75, 3.05) is 37.3 Å². The summed E-state index contributed by atoms with van der Waals surface area (Å²) < 4.78 is 41.6. The molecule has 1 atom stereocenters. The number of halogens is 3. The Morgan fingerprint density at radius 3 is 2.42 bits per heavy atom. The lowest BCUT2D eigenvalue weighted by Gasteiger charge is -2.31. The average molecular weight is 789 g/mol. The summed E-state index contributed by atoms with van der Waals surface area (Å²) >= 11 is 0. The summed E-state index contributed by atoms with van der Waals surface area (Å²) in [5.41, 5.74) is -0.829. The molecule has 3 aliphatic rings.